The molecule has 122 valence electrons. The van der Waals surface area contributed by atoms with Crippen LogP contribution in [-0.4, -0.2) is 45.5 Å². The molecule has 23 heavy (non-hydrogen) atoms. The Morgan fingerprint density at radius 2 is 1.57 bits per heavy atom. The number of phenols is 4. The summed E-state index contributed by atoms with van der Waals surface area (Å²) in [6.45, 7) is 1.33. The lowest BCUT2D eigenvalue weighted by atomic mass is 9.83. The van der Waals surface area contributed by atoms with Gasteiger partial charge in [-0.25, -0.2) is 0 Å². The molecule has 2 atom stereocenters. The number of nitrogens with zero attached hydrogens (tertiary/aromatic N) is 1. The Kier molecular flexibility index (Phi) is 4.00. The van der Waals surface area contributed by atoms with Crippen LogP contribution >= 0.6 is 11.6 Å². The molecule has 1 fully saturated rings. The highest BCUT2D eigenvalue weighted by Crippen LogP contribution is 2.48. The molecule has 3 rings (SSSR count). The minimum atomic E-state index is -0.185. The molecule has 0 radical (unpaired) electrons. The van der Waals surface area contributed by atoms with Crippen molar-refractivity contribution in [1.82, 2.24) is 4.90 Å². The van der Waals surface area contributed by atoms with E-state index in [1.807, 2.05) is 7.05 Å². The smallest absolute Gasteiger partial charge is 0.157 e. The maximum Gasteiger partial charge on any atom is 0.157 e. The number of hydrogen-bond donors (Lipinski definition) is 4. The first-order chi connectivity index (χ1) is 10.9. The molecule has 1 heterocycles. The fraction of sp³-hybridized carbons (Fsp3) is 0.294. The second-order valence-electron chi connectivity index (χ2n) is 6.01. The molecule has 0 spiro atoms. The predicted octanol–water partition coefficient (Wildman–Crippen LogP) is 2.98. The molecule has 4 N–H and O–H groups in total. The van der Waals surface area contributed by atoms with E-state index in [9.17, 15) is 20.4 Å². The molecular formula is C17H18ClNO4. The van der Waals surface area contributed by atoms with E-state index in [2.05, 4.69) is 4.90 Å². The molecular weight excluding hydrogens is 318 g/mol. The molecule has 1 aliphatic rings. The van der Waals surface area contributed by atoms with E-state index < -0.39 is 0 Å². The summed E-state index contributed by atoms with van der Waals surface area (Å²) in [4.78, 5) is 2.08. The van der Waals surface area contributed by atoms with Gasteiger partial charge in [0, 0.05) is 30.5 Å². The average molecular weight is 336 g/mol. The van der Waals surface area contributed by atoms with Crippen molar-refractivity contribution in [2.75, 3.05) is 20.1 Å². The first-order valence-corrected chi connectivity index (χ1v) is 7.67. The third-order valence-corrected chi connectivity index (χ3v) is 4.75. The zero-order valence-electron chi connectivity index (χ0n) is 12.6. The largest absolute Gasteiger partial charge is 0.508 e. The number of likely N-dealkylation sites (tertiary alicyclic amines) is 1. The fourth-order valence-corrected chi connectivity index (χ4v) is 3.50. The fourth-order valence-electron chi connectivity index (χ4n) is 3.34. The lowest BCUT2D eigenvalue weighted by molar-refractivity contribution is 0.398. The molecule has 6 heteroatoms. The predicted molar refractivity (Wildman–Crippen MR) is 87.5 cm³/mol. The minimum absolute atomic E-state index is 0.000185. The van der Waals surface area contributed by atoms with Gasteiger partial charge >= 0.3 is 0 Å². The maximum atomic E-state index is 10.3. The Labute approximate surface area is 139 Å². The van der Waals surface area contributed by atoms with E-state index in [4.69, 9.17) is 11.6 Å². The zero-order chi connectivity index (χ0) is 16.7. The summed E-state index contributed by atoms with van der Waals surface area (Å²) >= 11 is 5.99. The molecule has 0 unspecified atom stereocenters. The highest BCUT2D eigenvalue weighted by Gasteiger charge is 2.37. The van der Waals surface area contributed by atoms with E-state index in [0.717, 1.165) is 5.56 Å². The molecule has 5 nitrogen and oxygen atoms in total. The van der Waals surface area contributed by atoms with Crippen LogP contribution in [-0.2, 0) is 0 Å². The van der Waals surface area contributed by atoms with Gasteiger partial charge < -0.3 is 25.3 Å². The van der Waals surface area contributed by atoms with Crippen molar-refractivity contribution >= 4 is 11.6 Å². The van der Waals surface area contributed by atoms with Gasteiger partial charge in [0.2, 0.25) is 0 Å². The Bertz CT molecular complexity index is 750. The summed E-state index contributed by atoms with van der Waals surface area (Å²) in [6, 6.07) is 7.63. The molecule has 1 aliphatic heterocycles. The van der Waals surface area contributed by atoms with Gasteiger partial charge in [-0.15, -0.1) is 0 Å². The Morgan fingerprint density at radius 3 is 2.26 bits per heavy atom. The molecule has 2 aromatic rings. The lowest BCUT2D eigenvalue weighted by Gasteiger charge is -2.22. The van der Waals surface area contributed by atoms with Crippen LogP contribution in [0.25, 0.3) is 0 Å². The van der Waals surface area contributed by atoms with Crippen LogP contribution in [0.15, 0.2) is 30.3 Å². The van der Waals surface area contributed by atoms with Crippen molar-refractivity contribution in [2.24, 2.45) is 0 Å². The highest BCUT2D eigenvalue weighted by atomic mass is 35.5. The minimum Gasteiger partial charge on any atom is -0.508 e. The standard InChI is InChI=1S/C17H18ClNO4/c1-19-7-10(9-2-4-13(20)15(22)6-9)11(8-19)16-14(21)5-3-12(18)17(16)23/h2-6,10-11,20-23H,7-8H2,1H3/t10-,11+/m1/s1. The van der Waals surface area contributed by atoms with Crippen LogP contribution in [0.2, 0.25) is 5.02 Å². The monoisotopic (exact) mass is 335 g/mol. The summed E-state index contributed by atoms with van der Waals surface area (Å²) in [5.74, 6) is -0.704. The van der Waals surface area contributed by atoms with Crippen molar-refractivity contribution in [3.63, 3.8) is 0 Å². The number of aromatic hydroxyl groups is 4. The van der Waals surface area contributed by atoms with E-state index in [1.54, 1.807) is 6.07 Å². The van der Waals surface area contributed by atoms with Crippen LogP contribution in [0.3, 0.4) is 0 Å². The van der Waals surface area contributed by atoms with Gasteiger partial charge in [-0.1, -0.05) is 17.7 Å². The van der Waals surface area contributed by atoms with Crippen LogP contribution in [0.5, 0.6) is 23.0 Å². The number of likely N-dealkylation sites (N-methyl/N-ethyl adjacent to an activating group) is 1. The summed E-state index contributed by atoms with van der Waals surface area (Å²) in [5.41, 5.74) is 1.24. The second-order valence-corrected chi connectivity index (χ2v) is 6.42. The summed E-state index contributed by atoms with van der Waals surface area (Å²) in [7, 11) is 1.95. The van der Waals surface area contributed by atoms with Crippen molar-refractivity contribution < 1.29 is 20.4 Å². The normalized spacial score (nSPS) is 21.7. The van der Waals surface area contributed by atoms with Crippen LogP contribution in [0.1, 0.15) is 23.0 Å². The molecule has 0 saturated carbocycles. The molecule has 0 bridgehead atoms. The zero-order valence-corrected chi connectivity index (χ0v) is 13.3. The van der Waals surface area contributed by atoms with Gasteiger partial charge in [0.15, 0.2) is 11.5 Å². The SMILES string of the molecule is CN1C[C@H](c2ccc(O)c(O)c2)[C@@H](c2c(O)ccc(Cl)c2O)C1. The molecule has 0 amide bonds. The van der Waals surface area contributed by atoms with Gasteiger partial charge in [0.05, 0.1) is 5.02 Å². The first kappa shape index (κ1) is 15.8. The number of phenolic OH excluding ortho intramolecular Hbond substituents is 4. The lowest BCUT2D eigenvalue weighted by Crippen LogP contribution is -2.13. The van der Waals surface area contributed by atoms with Gasteiger partial charge in [-0.3, -0.25) is 0 Å². The number of benzene rings is 2. The van der Waals surface area contributed by atoms with Crippen molar-refractivity contribution in [3.05, 3.63) is 46.5 Å². The van der Waals surface area contributed by atoms with Gasteiger partial charge in [0.1, 0.15) is 11.5 Å². The summed E-state index contributed by atoms with van der Waals surface area (Å²) in [6.07, 6.45) is 0. The van der Waals surface area contributed by atoms with Gasteiger partial charge in [-0.2, -0.15) is 0 Å². The topological polar surface area (TPSA) is 84.2 Å². The number of halogens is 1. The van der Waals surface area contributed by atoms with Crippen LogP contribution in [0, 0.1) is 0 Å². The van der Waals surface area contributed by atoms with Crippen molar-refractivity contribution in [1.29, 1.82) is 0 Å². The van der Waals surface area contributed by atoms with Crippen LogP contribution in [0.4, 0.5) is 0 Å². The van der Waals surface area contributed by atoms with E-state index in [-0.39, 0.29) is 39.9 Å². The first-order valence-electron chi connectivity index (χ1n) is 7.29. The number of rotatable bonds is 2. The maximum absolute atomic E-state index is 10.3. The van der Waals surface area contributed by atoms with E-state index in [1.165, 1.54) is 24.3 Å². The van der Waals surface area contributed by atoms with Gasteiger partial charge in [0.25, 0.3) is 0 Å². The highest BCUT2D eigenvalue weighted by molar-refractivity contribution is 6.32. The van der Waals surface area contributed by atoms with Crippen molar-refractivity contribution in [3.8, 4) is 23.0 Å². The summed E-state index contributed by atoms with van der Waals surface area (Å²) in [5, 5.41) is 39.9. The second kappa shape index (κ2) is 5.83. The average Bonchev–Trinajstić information content (AvgIpc) is 2.88. The molecule has 2 aromatic carbocycles. The van der Waals surface area contributed by atoms with Gasteiger partial charge in [-0.05, 0) is 36.9 Å². The third-order valence-electron chi connectivity index (χ3n) is 4.45. The van der Waals surface area contributed by atoms with Crippen LogP contribution < -0.4 is 0 Å². The Hall–Kier alpha value is -2.11. The Morgan fingerprint density at radius 1 is 0.913 bits per heavy atom. The van der Waals surface area contributed by atoms with E-state index in [0.29, 0.717) is 18.7 Å². The molecule has 0 aliphatic carbocycles. The summed E-state index contributed by atoms with van der Waals surface area (Å²) < 4.78 is 0. The third kappa shape index (κ3) is 2.78. The quantitative estimate of drug-likeness (QED) is 0.634. The van der Waals surface area contributed by atoms with E-state index >= 15 is 0 Å². The van der Waals surface area contributed by atoms with Crippen molar-refractivity contribution in [2.45, 2.75) is 11.8 Å². The molecule has 1 saturated heterocycles. The molecule has 0 aromatic heterocycles. The number of hydrogen-bond acceptors (Lipinski definition) is 5. The Balaban J connectivity index is 2.07.